The van der Waals surface area contributed by atoms with Crippen LogP contribution in [0.25, 0.3) is 11.1 Å². The zero-order valence-electron chi connectivity index (χ0n) is 14.0. The van der Waals surface area contributed by atoms with Crippen molar-refractivity contribution in [3.63, 3.8) is 0 Å². The van der Waals surface area contributed by atoms with Crippen molar-refractivity contribution in [3.8, 4) is 11.1 Å². The number of fused-ring (bicyclic) bond motifs is 3. The van der Waals surface area contributed by atoms with Gasteiger partial charge in [0, 0.05) is 27.9 Å². The van der Waals surface area contributed by atoms with Crippen LogP contribution in [0.1, 0.15) is 26.3 Å². The lowest BCUT2D eigenvalue weighted by Gasteiger charge is -2.10. The van der Waals surface area contributed by atoms with Crippen molar-refractivity contribution in [1.82, 2.24) is 0 Å². The number of nitrogens with one attached hydrogen (secondary N) is 1. The van der Waals surface area contributed by atoms with Crippen LogP contribution in [0.3, 0.4) is 0 Å². The summed E-state index contributed by atoms with van der Waals surface area (Å²) in [5.41, 5.74) is 3.20. The van der Waals surface area contributed by atoms with Gasteiger partial charge in [-0.1, -0.05) is 36.4 Å². The summed E-state index contributed by atoms with van der Waals surface area (Å²) in [5, 5.41) is 7.80. The van der Waals surface area contributed by atoms with Crippen LogP contribution in [0.4, 0.5) is 5.69 Å². The van der Waals surface area contributed by atoms with Crippen LogP contribution in [0.2, 0.25) is 0 Å². The topological polar surface area (TPSA) is 106 Å². The zero-order valence-corrected chi connectivity index (χ0v) is 14.8. The maximum absolute atomic E-state index is 12.8. The third-order valence-corrected chi connectivity index (χ3v) is 5.36. The second-order valence-electron chi connectivity index (χ2n) is 6.13. The van der Waals surface area contributed by atoms with E-state index in [0.717, 1.165) is 5.56 Å². The normalized spacial score (nSPS) is 12.4. The number of anilines is 1. The fourth-order valence-corrected chi connectivity index (χ4v) is 3.71. The Morgan fingerprint density at radius 3 is 2.11 bits per heavy atom. The minimum Gasteiger partial charge on any atom is -0.322 e. The predicted octanol–water partition coefficient (Wildman–Crippen LogP) is 2.80. The Morgan fingerprint density at radius 1 is 0.815 bits per heavy atom. The van der Waals surface area contributed by atoms with Crippen molar-refractivity contribution in [2.75, 3.05) is 5.32 Å². The number of amides is 1. The first kappa shape index (κ1) is 17.1. The Labute approximate surface area is 155 Å². The van der Waals surface area contributed by atoms with Crippen LogP contribution in [0.15, 0.2) is 71.6 Å². The Hall–Kier alpha value is -3.29. The Morgan fingerprint density at radius 2 is 1.44 bits per heavy atom. The van der Waals surface area contributed by atoms with Crippen molar-refractivity contribution >= 4 is 27.4 Å². The number of rotatable bonds is 3. The van der Waals surface area contributed by atoms with Crippen molar-refractivity contribution in [2.24, 2.45) is 5.14 Å². The van der Waals surface area contributed by atoms with Gasteiger partial charge in [-0.25, -0.2) is 13.6 Å². The highest BCUT2D eigenvalue weighted by molar-refractivity contribution is 7.89. The first-order valence-electron chi connectivity index (χ1n) is 8.07. The molecule has 0 saturated carbocycles. The van der Waals surface area contributed by atoms with Crippen molar-refractivity contribution in [2.45, 2.75) is 4.90 Å². The third kappa shape index (κ3) is 2.92. The fraction of sp³-hybridized carbons (Fsp3) is 0. The smallest absolute Gasteiger partial charge is 0.256 e. The van der Waals surface area contributed by atoms with E-state index in [9.17, 15) is 18.0 Å². The molecule has 0 aliphatic heterocycles. The van der Waals surface area contributed by atoms with E-state index in [1.807, 2.05) is 12.1 Å². The molecule has 6 nitrogen and oxygen atoms in total. The van der Waals surface area contributed by atoms with E-state index in [1.54, 1.807) is 30.3 Å². The molecule has 0 heterocycles. The molecule has 0 unspecified atom stereocenters. The molecule has 3 aromatic carbocycles. The SMILES string of the molecule is NS(=O)(=O)c1ccc(NC(=O)c2cccc3c2-c2ccccc2C3=O)cc1. The van der Waals surface area contributed by atoms with Crippen LogP contribution in [0.5, 0.6) is 0 Å². The molecule has 0 aromatic heterocycles. The molecule has 3 N–H and O–H groups in total. The van der Waals surface area contributed by atoms with Gasteiger partial charge in [-0.05, 0) is 35.9 Å². The number of ketones is 1. The molecule has 1 aliphatic carbocycles. The average molecular weight is 378 g/mol. The molecular formula is C20H14N2O4S. The minimum atomic E-state index is -3.80. The van der Waals surface area contributed by atoms with E-state index in [1.165, 1.54) is 24.3 Å². The average Bonchev–Trinajstić information content (AvgIpc) is 2.95. The Bertz CT molecular complexity index is 1200. The van der Waals surface area contributed by atoms with Gasteiger partial charge in [0.1, 0.15) is 0 Å². The van der Waals surface area contributed by atoms with Crippen LogP contribution >= 0.6 is 0 Å². The lowest BCUT2D eigenvalue weighted by atomic mass is 9.99. The van der Waals surface area contributed by atoms with Crippen LogP contribution < -0.4 is 10.5 Å². The van der Waals surface area contributed by atoms with E-state index in [0.29, 0.717) is 27.9 Å². The number of benzene rings is 3. The highest BCUT2D eigenvalue weighted by atomic mass is 32.2. The Kier molecular flexibility index (Phi) is 3.91. The van der Waals surface area contributed by atoms with Gasteiger partial charge in [0.05, 0.1) is 4.90 Å². The van der Waals surface area contributed by atoms with Gasteiger partial charge in [-0.2, -0.15) is 0 Å². The fourth-order valence-electron chi connectivity index (χ4n) is 3.19. The first-order chi connectivity index (χ1) is 12.9. The van der Waals surface area contributed by atoms with Crippen LogP contribution in [-0.2, 0) is 10.0 Å². The lowest BCUT2D eigenvalue weighted by Crippen LogP contribution is -2.14. The van der Waals surface area contributed by atoms with Gasteiger partial charge < -0.3 is 5.32 Å². The molecule has 134 valence electrons. The number of nitrogens with two attached hydrogens (primary N) is 1. The molecule has 3 aromatic rings. The number of primary sulfonamides is 1. The van der Waals surface area contributed by atoms with Gasteiger partial charge in [-0.15, -0.1) is 0 Å². The summed E-state index contributed by atoms with van der Waals surface area (Å²) < 4.78 is 22.6. The molecule has 4 rings (SSSR count). The summed E-state index contributed by atoms with van der Waals surface area (Å²) in [6, 6.07) is 17.7. The maximum atomic E-state index is 12.8. The molecule has 27 heavy (non-hydrogen) atoms. The van der Waals surface area contributed by atoms with Crippen LogP contribution in [0, 0.1) is 0 Å². The Balaban J connectivity index is 1.70. The molecule has 1 amide bonds. The molecule has 0 saturated heterocycles. The number of carbonyl (C=O) groups is 2. The number of hydrogen-bond acceptors (Lipinski definition) is 4. The zero-order chi connectivity index (χ0) is 19.2. The van der Waals surface area contributed by atoms with Gasteiger partial charge in [-0.3, -0.25) is 9.59 Å². The highest BCUT2D eigenvalue weighted by Gasteiger charge is 2.30. The number of hydrogen-bond donors (Lipinski definition) is 2. The first-order valence-corrected chi connectivity index (χ1v) is 9.62. The van der Waals surface area contributed by atoms with E-state index in [2.05, 4.69) is 5.32 Å². The standard InChI is InChI=1S/C20H14N2O4S/c21-27(25,26)13-10-8-12(9-11-13)22-20(24)17-7-3-6-16-18(17)14-4-1-2-5-15(14)19(16)23/h1-11H,(H,22,24)(H2,21,25,26). The number of sulfonamides is 1. The monoisotopic (exact) mass is 378 g/mol. The summed E-state index contributed by atoms with van der Waals surface area (Å²) in [6.45, 7) is 0. The molecule has 0 radical (unpaired) electrons. The summed E-state index contributed by atoms with van der Waals surface area (Å²) in [5.74, 6) is -0.493. The quantitative estimate of drug-likeness (QED) is 0.572. The second-order valence-corrected chi connectivity index (χ2v) is 7.69. The highest BCUT2D eigenvalue weighted by Crippen LogP contribution is 2.38. The summed E-state index contributed by atoms with van der Waals surface area (Å²) in [7, 11) is -3.80. The number of carbonyl (C=O) groups excluding carboxylic acids is 2. The van der Waals surface area contributed by atoms with Gasteiger partial charge in [0.25, 0.3) is 5.91 Å². The molecule has 0 spiro atoms. The van der Waals surface area contributed by atoms with E-state index in [4.69, 9.17) is 5.14 Å². The van der Waals surface area contributed by atoms with E-state index >= 15 is 0 Å². The lowest BCUT2D eigenvalue weighted by molar-refractivity contribution is 0.102. The van der Waals surface area contributed by atoms with Gasteiger partial charge in [0.15, 0.2) is 5.78 Å². The van der Waals surface area contributed by atoms with E-state index < -0.39 is 10.0 Å². The van der Waals surface area contributed by atoms with Gasteiger partial charge >= 0.3 is 0 Å². The molecule has 0 atom stereocenters. The molecule has 7 heteroatoms. The largest absolute Gasteiger partial charge is 0.322 e. The molecule has 0 fully saturated rings. The van der Waals surface area contributed by atoms with Crippen molar-refractivity contribution in [1.29, 1.82) is 0 Å². The molecule has 0 bridgehead atoms. The third-order valence-electron chi connectivity index (χ3n) is 4.44. The van der Waals surface area contributed by atoms with E-state index in [-0.39, 0.29) is 16.6 Å². The predicted molar refractivity (Wildman–Crippen MR) is 101 cm³/mol. The maximum Gasteiger partial charge on any atom is 0.256 e. The second kappa shape index (κ2) is 6.15. The molecule has 1 aliphatic rings. The summed E-state index contributed by atoms with van der Waals surface area (Å²) in [6.07, 6.45) is 0. The minimum absolute atomic E-state index is 0.0411. The van der Waals surface area contributed by atoms with Crippen LogP contribution in [-0.4, -0.2) is 20.1 Å². The van der Waals surface area contributed by atoms with Crippen molar-refractivity contribution < 1.29 is 18.0 Å². The van der Waals surface area contributed by atoms with Gasteiger partial charge in [0.2, 0.25) is 10.0 Å². The summed E-state index contributed by atoms with van der Waals surface area (Å²) in [4.78, 5) is 25.3. The summed E-state index contributed by atoms with van der Waals surface area (Å²) >= 11 is 0. The van der Waals surface area contributed by atoms with Crippen molar-refractivity contribution in [3.05, 3.63) is 83.4 Å². The molecular weight excluding hydrogens is 364 g/mol.